The van der Waals surface area contributed by atoms with E-state index >= 15 is 0 Å². The number of nitrogens with zero attached hydrogens (tertiary/aromatic N) is 2. The molecule has 156 valence electrons. The van der Waals surface area contributed by atoms with Crippen LogP contribution in [0, 0.1) is 0 Å². The number of carbonyl (C=O) groups excluding carboxylic acids is 2. The summed E-state index contributed by atoms with van der Waals surface area (Å²) in [6, 6.07) is 11.2. The van der Waals surface area contributed by atoms with Crippen LogP contribution in [0.25, 0.3) is 0 Å². The minimum absolute atomic E-state index is 0.0474. The Morgan fingerprint density at radius 1 is 0.862 bits per heavy atom. The quantitative estimate of drug-likeness (QED) is 0.527. The van der Waals surface area contributed by atoms with Crippen LogP contribution in [0.3, 0.4) is 0 Å². The second-order valence-corrected chi connectivity index (χ2v) is 6.49. The second-order valence-electron chi connectivity index (χ2n) is 6.49. The molecule has 7 heteroatoms. The zero-order valence-corrected chi connectivity index (χ0v) is 16.8. The molecule has 3 N–H and O–H groups in total. The van der Waals surface area contributed by atoms with Crippen molar-refractivity contribution >= 4 is 17.4 Å². The number of anilines is 1. The normalized spacial score (nSPS) is 10.6. The summed E-state index contributed by atoms with van der Waals surface area (Å²) in [5.74, 6) is -1.08. The molecule has 2 rings (SSSR count). The summed E-state index contributed by atoms with van der Waals surface area (Å²) in [6.45, 7) is 5.14. The van der Waals surface area contributed by atoms with Gasteiger partial charge in [-0.2, -0.15) is 0 Å². The van der Waals surface area contributed by atoms with Gasteiger partial charge in [0.1, 0.15) is 5.75 Å². The van der Waals surface area contributed by atoms with E-state index in [-0.39, 0.29) is 48.7 Å². The van der Waals surface area contributed by atoms with Crippen LogP contribution in [-0.2, 0) is 0 Å². The van der Waals surface area contributed by atoms with Crippen LogP contribution in [0.4, 0.5) is 5.69 Å². The number of phenolic OH excluding ortho intramolecular Hbond substituents is 1. The molecule has 0 aliphatic heterocycles. The highest BCUT2D eigenvalue weighted by Gasteiger charge is 2.23. The molecule has 0 aliphatic carbocycles. The number of phenols is 1. The second kappa shape index (κ2) is 10.6. The number of aliphatic hydroxyl groups is 2. The molecular formula is C22H28N2O5. The number of amides is 1. The molecule has 0 atom stereocenters. The Labute approximate surface area is 170 Å². The van der Waals surface area contributed by atoms with Gasteiger partial charge in [0.25, 0.3) is 5.91 Å². The molecule has 1 amide bonds. The minimum atomic E-state index is -0.467. The van der Waals surface area contributed by atoms with Gasteiger partial charge in [0, 0.05) is 43.5 Å². The monoisotopic (exact) mass is 400 g/mol. The van der Waals surface area contributed by atoms with Crippen LogP contribution < -0.4 is 4.90 Å². The van der Waals surface area contributed by atoms with Gasteiger partial charge < -0.3 is 25.1 Å². The van der Waals surface area contributed by atoms with Crippen molar-refractivity contribution in [2.75, 3.05) is 44.3 Å². The Balaban J connectivity index is 2.41. The molecule has 7 nitrogen and oxygen atoms in total. The topological polar surface area (TPSA) is 101 Å². The lowest BCUT2D eigenvalue weighted by Gasteiger charge is -2.22. The number of aromatic hydroxyl groups is 1. The molecule has 0 fully saturated rings. The van der Waals surface area contributed by atoms with Crippen molar-refractivity contribution in [3.05, 3.63) is 59.2 Å². The van der Waals surface area contributed by atoms with Crippen molar-refractivity contribution in [1.82, 2.24) is 4.90 Å². The van der Waals surface area contributed by atoms with E-state index < -0.39 is 11.7 Å². The van der Waals surface area contributed by atoms with Gasteiger partial charge in [-0.1, -0.05) is 18.2 Å². The summed E-state index contributed by atoms with van der Waals surface area (Å²) >= 11 is 0. The highest BCUT2D eigenvalue weighted by molar-refractivity contribution is 6.16. The van der Waals surface area contributed by atoms with Crippen molar-refractivity contribution < 1.29 is 24.9 Å². The maximum atomic E-state index is 13.1. The van der Waals surface area contributed by atoms with Gasteiger partial charge in [-0.15, -0.1) is 0 Å². The average molecular weight is 400 g/mol. The van der Waals surface area contributed by atoms with Crippen LogP contribution in [0.5, 0.6) is 5.75 Å². The molecule has 0 bridgehead atoms. The molecule has 0 spiro atoms. The van der Waals surface area contributed by atoms with Gasteiger partial charge in [-0.05, 0) is 32.0 Å². The molecule has 29 heavy (non-hydrogen) atoms. The third-order valence-corrected chi connectivity index (χ3v) is 4.78. The Morgan fingerprint density at radius 3 is 1.97 bits per heavy atom. The van der Waals surface area contributed by atoms with Crippen molar-refractivity contribution in [3.8, 4) is 5.75 Å². The van der Waals surface area contributed by atoms with Crippen LogP contribution in [0.2, 0.25) is 0 Å². The minimum Gasteiger partial charge on any atom is -0.507 e. The summed E-state index contributed by atoms with van der Waals surface area (Å²) < 4.78 is 0. The van der Waals surface area contributed by atoms with Gasteiger partial charge >= 0.3 is 0 Å². The van der Waals surface area contributed by atoms with E-state index in [1.807, 2.05) is 18.7 Å². The fraction of sp³-hybridized carbons (Fsp3) is 0.364. The van der Waals surface area contributed by atoms with Gasteiger partial charge in [0.15, 0.2) is 5.78 Å². The number of rotatable bonds is 10. The van der Waals surface area contributed by atoms with E-state index in [0.29, 0.717) is 0 Å². The number of ketones is 1. The molecule has 2 aromatic carbocycles. The fourth-order valence-corrected chi connectivity index (χ4v) is 3.24. The zero-order chi connectivity index (χ0) is 21.4. The predicted octanol–water partition coefficient (Wildman–Crippen LogP) is 1.90. The number of carbonyl (C=O) groups is 2. The predicted molar refractivity (Wildman–Crippen MR) is 112 cm³/mol. The summed E-state index contributed by atoms with van der Waals surface area (Å²) in [5, 5.41) is 28.8. The van der Waals surface area contributed by atoms with E-state index in [1.165, 1.54) is 17.0 Å². The molecule has 0 aromatic heterocycles. The van der Waals surface area contributed by atoms with Gasteiger partial charge in [-0.25, -0.2) is 0 Å². The Morgan fingerprint density at radius 2 is 1.45 bits per heavy atom. The lowest BCUT2D eigenvalue weighted by molar-refractivity contribution is 0.0681. The Bertz CT molecular complexity index is 843. The first kappa shape index (κ1) is 22.4. The van der Waals surface area contributed by atoms with Crippen LogP contribution in [-0.4, -0.2) is 71.3 Å². The van der Waals surface area contributed by atoms with Gasteiger partial charge in [0.2, 0.25) is 0 Å². The van der Waals surface area contributed by atoms with Crippen molar-refractivity contribution in [1.29, 1.82) is 0 Å². The summed E-state index contributed by atoms with van der Waals surface area (Å²) in [7, 11) is 0. The maximum absolute atomic E-state index is 13.1. The van der Waals surface area contributed by atoms with E-state index in [9.17, 15) is 24.9 Å². The van der Waals surface area contributed by atoms with Crippen LogP contribution in [0.1, 0.15) is 40.1 Å². The summed E-state index contributed by atoms with van der Waals surface area (Å²) in [5.41, 5.74) is 1.23. The number of benzene rings is 2. The summed E-state index contributed by atoms with van der Waals surface area (Å²) in [4.78, 5) is 29.3. The highest BCUT2D eigenvalue weighted by atomic mass is 16.3. The summed E-state index contributed by atoms with van der Waals surface area (Å²) in [6.07, 6.45) is 0. The number of hydrogen-bond donors (Lipinski definition) is 3. The molecule has 0 aliphatic rings. The van der Waals surface area contributed by atoms with Gasteiger partial charge in [0.05, 0.1) is 24.3 Å². The van der Waals surface area contributed by atoms with E-state index in [2.05, 4.69) is 0 Å². The first-order chi connectivity index (χ1) is 14.0. The fourth-order valence-electron chi connectivity index (χ4n) is 3.24. The Kier molecular flexibility index (Phi) is 8.18. The largest absolute Gasteiger partial charge is 0.507 e. The van der Waals surface area contributed by atoms with Crippen LogP contribution in [0.15, 0.2) is 42.5 Å². The zero-order valence-electron chi connectivity index (χ0n) is 16.8. The molecule has 0 unspecified atom stereocenters. The van der Waals surface area contributed by atoms with E-state index in [4.69, 9.17) is 0 Å². The smallest absolute Gasteiger partial charge is 0.254 e. The van der Waals surface area contributed by atoms with E-state index in [0.717, 1.165) is 18.8 Å². The lowest BCUT2D eigenvalue weighted by Crippen LogP contribution is -2.36. The lowest BCUT2D eigenvalue weighted by atomic mass is 9.96. The molecule has 0 radical (unpaired) electrons. The molecule has 0 heterocycles. The number of aliphatic hydroxyl groups excluding tert-OH is 2. The Hall–Kier alpha value is -2.90. The highest BCUT2D eigenvalue weighted by Crippen LogP contribution is 2.28. The molecule has 0 saturated carbocycles. The van der Waals surface area contributed by atoms with Crippen molar-refractivity contribution in [2.24, 2.45) is 0 Å². The van der Waals surface area contributed by atoms with Gasteiger partial charge in [-0.3, -0.25) is 9.59 Å². The van der Waals surface area contributed by atoms with Crippen molar-refractivity contribution in [3.63, 3.8) is 0 Å². The first-order valence-electron chi connectivity index (χ1n) is 9.71. The standard InChI is InChI=1S/C22H28N2O5/c1-3-23(4-2)16-9-10-19(20(27)15-16)21(28)17-7-5-6-8-18(17)22(29)24(11-13-25)12-14-26/h5-10,15,25-27H,3-4,11-14H2,1-2H3. The first-order valence-corrected chi connectivity index (χ1v) is 9.71. The number of hydrogen-bond acceptors (Lipinski definition) is 6. The molecular weight excluding hydrogens is 372 g/mol. The SMILES string of the molecule is CCN(CC)c1ccc(C(=O)c2ccccc2C(=O)N(CCO)CCO)c(O)c1. The molecule has 0 saturated heterocycles. The third-order valence-electron chi connectivity index (χ3n) is 4.78. The van der Waals surface area contributed by atoms with Crippen LogP contribution >= 0.6 is 0 Å². The maximum Gasteiger partial charge on any atom is 0.254 e. The van der Waals surface area contributed by atoms with E-state index in [1.54, 1.807) is 30.3 Å². The third kappa shape index (κ3) is 5.13. The molecule has 2 aromatic rings. The average Bonchev–Trinajstić information content (AvgIpc) is 2.73. The van der Waals surface area contributed by atoms with Crippen molar-refractivity contribution in [2.45, 2.75) is 13.8 Å².